The second-order valence-electron chi connectivity index (χ2n) is 6.43. The number of nitrogens with one attached hydrogen (secondary N) is 1. The van der Waals surface area contributed by atoms with E-state index >= 15 is 0 Å². The van der Waals surface area contributed by atoms with Gasteiger partial charge in [-0.05, 0) is 49.2 Å². The number of benzene rings is 2. The van der Waals surface area contributed by atoms with Crippen LogP contribution in [-0.4, -0.2) is 48.1 Å². The minimum atomic E-state index is -0.229. The van der Waals surface area contributed by atoms with E-state index in [0.717, 1.165) is 0 Å². The summed E-state index contributed by atoms with van der Waals surface area (Å²) in [6, 6.07) is 11.2. The SMILES string of the molecule is COc1ccc(Cl)cc1C(=O)N1CCC(NC(=O)c2cccc(O)c2)CC1. The van der Waals surface area contributed by atoms with E-state index in [-0.39, 0.29) is 23.6 Å². The molecule has 1 saturated heterocycles. The number of phenolic OH excluding ortho intramolecular Hbond substituents is 1. The van der Waals surface area contributed by atoms with Crippen molar-refractivity contribution < 1.29 is 19.4 Å². The van der Waals surface area contributed by atoms with Crippen LogP contribution in [0.15, 0.2) is 42.5 Å². The average Bonchev–Trinajstić information content (AvgIpc) is 2.68. The van der Waals surface area contributed by atoms with Gasteiger partial charge in [0.25, 0.3) is 11.8 Å². The van der Waals surface area contributed by atoms with Gasteiger partial charge in [-0.25, -0.2) is 0 Å². The first-order valence-electron chi connectivity index (χ1n) is 8.70. The van der Waals surface area contributed by atoms with Crippen LogP contribution in [0.25, 0.3) is 0 Å². The lowest BCUT2D eigenvalue weighted by atomic mass is 10.0. The van der Waals surface area contributed by atoms with Crippen molar-refractivity contribution >= 4 is 23.4 Å². The highest BCUT2D eigenvalue weighted by atomic mass is 35.5. The molecule has 0 aliphatic carbocycles. The molecule has 2 N–H and O–H groups in total. The number of carbonyl (C=O) groups excluding carboxylic acids is 2. The van der Waals surface area contributed by atoms with Crippen molar-refractivity contribution in [1.82, 2.24) is 10.2 Å². The summed E-state index contributed by atoms with van der Waals surface area (Å²) in [4.78, 5) is 26.8. The van der Waals surface area contributed by atoms with Gasteiger partial charge in [-0.2, -0.15) is 0 Å². The molecule has 0 saturated carbocycles. The third kappa shape index (κ3) is 4.52. The molecule has 0 bridgehead atoms. The summed E-state index contributed by atoms with van der Waals surface area (Å²) in [5, 5.41) is 12.9. The maximum Gasteiger partial charge on any atom is 0.257 e. The third-order valence-corrected chi connectivity index (χ3v) is 4.85. The predicted octanol–water partition coefficient (Wildman–Crippen LogP) is 3.09. The number of hydrogen-bond donors (Lipinski definition) is 2. The number of nitrogens with zero attached hydrogens (tertiary/aromatic N) is 1. The van der Waals surface area contributed by atoms with Gasteiger partial charge in [0, 0.05) is 29.7 Å². The zero-order chi connectivity index (χ0) is 19.4. The van der Waals surface area contributed by atoms with Gasteiger partial charge in [-0.3, -0.25) is 9.59 Å². The van der Waals surface area contributed by atoms with Crippen molar-refractivity contribution in [3.63, 3.8) is 0 Å². The van der Waals surface area contributed by atoms with Crippen LogP contribution < -0.4 is 10.1 Å². The van der Waals surface area contributed by atoms with Gasteiger partial charge in [-0.15, -0.1) is 0 Å². The lowest BCUT2D eigenvalue weighted by Crippen LogP contribution is -2.46. The Labute approximate surface area is 162 Å². The zero-order valence-electron chi connectivity index (χ0n) is 14.9. The van der Waals surface area contributed by atoms with E-state index in [9.17, 15) is 14.7 Å². The van der Waals surface area contributed by atoms with Crippen LogP contribution in [0.4, 0.5) is 0 Å². The first kappa shape index (κ1) is 19.0. The van der Waals surface area contributed by atoms with Gasteiger partial charge in [-0.1, -0.05) is 17.7 Å². The molecular formula is C20H21ClN2O4. The number of rotatable bonds is 4. The fraction of sp³-hybridized carbons (Fsp3) is 0.300. The standard InChI is InChI=1S/C20H21ClN2O4/c1-27-18-6-5-14(21)12-17(18)20(26)23-9-7-15(8-10-23)22-19(25)13-3-2-4-16(24)11-13/h2-6,11-12,15,24H,7-10H2,1H3,(H,22,25). The number of aromatic hydroxyl groups is 1. The van der Waals surface area contributed by atoms with Crippen molar-refractivity contribution in [2.75, 3.05) is 20.2 Å². The topological polar surface area (TPSA) is 78.9 Å². The van der Waals surface area contributed by atoms with Gasteiger partial charge < -0.3 is 20.1 Å². The summed E-state index contributed by atoms with van der Waals surface area (Å²) in [6.07, 6.45) is 1.30. The molecule has 6 nitrogen and oxygen atoms in total. The normalized spacial score (nSPS) is 14.7. The lowest BCUT2D eigenvalue weighted by molar-refractivity contribution is 0.0695. The van der Waals surface area contributed by atoms with Gasteiger partial charge >= 0.3 is 0 Å². The van der Waals surface area contributed by atoms with E-state index in [2.05, 4.69) is 5.32 Å². The van der Waals surface area contributed by atoms with Crippen LogP contribution in [0.3, 0.4) is 0 Å². The Morgan fingerprint density at radius 2 is 1.93 bits per heavy atom. The molecule has 1 fully saturated rings. The van der Waals surface area contributed by atoms with Gasteiger partial charge in [0.2, 0.25) is 0 Å². The maximum absolute atomic E-state index is 12.8. The summed E-state index contributed by atoms with van der Waals surface area (Å²) < 4.78 is 5.26. The van der Waals surface area contributed by atoms with E-state index < -0.39 is 0 Å². The molecule has 2 aromatic carbocycles. The number of carbonyl (C=O) groups is 2. The van der Waals surface area contributed by atoms with E-state index in [1.807, 2.05) is 0 Å². The molecule has 1 aliphatic rings. The van der Waals surface area contributed by atoms with Crippen LogP contribution in [-0.2, 0) is 0 Å². The number of likely N-dealkylation sites (tertiary alicyclic amines) is 1. The first-order chi connectivity index (χ1) is 13.0. The third-order valence-electron chi connectivity index (χ3n) is 4.62. The van der Waals surface area contributed by atoms with Crippen LogP contribution >= 0.6 is 11.6 Å². The Balaban J connectivity index is 1.59. The Morgan fingerprint density at radius 3 is 2.59 bits per heavy atom. The van der Waals surface area contributed by atoms with Crippen LogP contribution in [0, 0.1) is 0 Å². The lowest BCUT2D eigenvalue weighted by Gasteiger charge is -2.32. The van der Waals surface area contributed by atoms with E-state index in [4.69, 9.17) is 16.3 Å². The monoisotopic (exact) mass is 388 g/mol. The quantitative estimate of drug-likeness (QED) is 0.843. The largest absolute Gasteiger partial charge is 0.508 e. The van der Waals surface area contributed by atoms with E-state index in [0.29, 0.717) is 47.8 Å². The molecule has 0 unspecified atom stereocenters. The number of hydrogen-bond acceptors (Lipinski definition) is 4. The number of phenols is 1. The van der Waals surface area contributed by atoms with Crippen LogP contribution in [0.5, 0.6) is 11.5 Å². The maximum atomic E-state index is 12.8. The summed E-state index contributed by atoms with van der Waals surface area (Å²) in [5.74, 6) is 0.182. The minimum Gasteiger partial charge on any atom is -0.508 e. The number of methoxy groups -OCH3 is 1. The molecule has 2 amide bonds. The van der Waals surface area contributed by atoms with Crippen molar-refractivity contribution in [2.45, 2.75) is 18.9 Å². The Kier molecular flexibility index (Phi) is 5.86. The molecule has 1 heterocycles. The van der Waals surface area contributed by atoms with Crippen LogP contribution in [0.2, 0.25) is 5.02 Å². The number of halogens is 1. The van der Waals surface area contributed by atoms with Crippen molar-refractivity contribution in [3.8, 4) is 11.5 Å². The highest BCUT2D eigenvalue weighted by molar-refractivity contribution is 6.31. The van der Waals surface area contributed by atoms with Gasteiger partial charge in [0.15, 0.2) is 0 Å². The summed E-state index contributed by atoms with van der Waals surface area (Å²) in [5.41, 5.74) is 0.851. The summed E-state index contributed by atoms with van der Waals surface area (Å²) in [6.45, 7) is 1.05. The van der Waals surface area contributed by atoms with E-state index in [1.165, 1.54) is 19.2 Å². The molecule has 27 heavy (non-hydrogen) atoms. The van der Waals surface area contributed by atoms with Gasteiger partial charge in [0.05, 0.1) is 12.7 Å². The first-order valence-corrected chi connectivity index (χ1v) is 9.08. The van der Waals surface area contributed by atoms with Crippen molar-refractivity contribution in [3.05, 3.63) is 58.6 Å². The highest BCUT2D eigenvalue weighted by Gasteiger charge is 2.26. The number of amides is 2. The Bertz CT molecular complexity index is 848. The molecule has 2 aromatic rings. The molecule has 0 spiro atoms. The van der Waals surface area contributed by atoms with Gasteiger partial charge in [0.1, 0.15) is 11.5 Å². The van der Waals surface area contributed by atoms with Crippen molar-refractivity contribution in [1.29, 1.82) is 0 Å². The molecule has 1 aliphatic heterocycles. The fourth-order valence-electron chi connectivity index (χ4n) is 3.16. The highest BCUT2D eigenvalue weighted by Crippen LogP contribution is 2.25. The summed E-state index contributed by atoms with van der Waals surface area (Å²) >= 11 is 6.01. The minimum absolute atomic E-state index is 0.0230. The molecule has 7 heteroatoms. The second-order valence-corrected chi connectivity index (χ2v) is 6.87. The van der Waals surface area contributed by atoms with Crippen molar-refractivity contribution in [2.24, 2.45) is 0 Å². The molecular weight excluding hydrogens is 368 g/mol. The molecule has 0 radical (unpaired) electrons. The number of piperidine rings is 1. The van der Waals surface area contributed by atoms with E-state index in [1.54, 1.807) is 35.2 Å². The zero-order valence-corrected chi connectivity index (χ0v) is 15.7. The predicted molar refractivity (Wildman–Crippen MR) is 103 cm³/mol. The molecule has 0 aromatic heterocycles. The fourth-order valence-corrected chi connectivity index (χ4v) is 3.33. The Hall–Kier alpha value is -2.73. The number of ether oxygens (including phenoxy) is 1. The summed E-state index contributed by atoms with van der Waals surface area (Å²) in [7, 11) is 1.52. The average molecular weight is 389 g/mol. The molecule has 3 rings (SSSR count). The Morgan fingerprint density at radius 1 is 1.19 bits per heavy atom. The smallest absolute Gasteiger partial charge is 0.257 e. The molecule has 142 valence electrons. The van der Waals surface area contributed by atoms with Crippen LogP contribution in [0.1, 0.15) is 33.6 Å². The molecule has 0 atom stereocenters. The second kappa shape index (κ2) is 8.31.